The second kappa shape index (κ2) is 18.2. The lowest BCUT2D eigenvalue weighted by atomic mass is 9.88. The van der Waals surface area contributed by atoms with E-state index in [4.69, 9.17) is 19.1 Å². The van der Waals surface area contributed by atoms with Gasteiger partial charge in [-0.15, -0.1) is 0 Å². The van der Waals surface area contributed by atoms with Crippen LogP contribution in [0.3, 0.4) is 0 Å². The van der Waals surface area contributed by atoms with Crippen LogP contribution in [-0.4, -0.2) is 98.6 Å². The van der Waals surface area contributed by atoms with Crippen LogP contribution in [0.1, 0.15) is 59.1 Å². The Morgan fingerprint density at radius 1 is 0.737 bits per heavy atom. The molecule has 1 rings (SSSR count). The zero-order chi connectivity index (χ0) is 45.0. The first-order valence-corrected chi connectivity index (χ1v) is 18.7. The second-order valence-electron chi connectivity index (χ2n) is 13.5. The van der Waals surface area contributed by atoms with Crippen molar-refractivity contribution in [2.45, 2.75) is 124 Å². The number of rotatable bonds is 22. The van der Waals surface area contributed by atoms with E-state index < -0.39 is 111 Å². The number of aliphatic hydroxyl groups is 1. The molecule has 0 unspecified atom stereocenters. The summed E-state index contributed by atoms with van der Waals surface area (Å²) < 4.78 is 251. The topological polar surface area (TPSA) is 97.3 Å². The Hall–Kier alpha value is -2.90. The number of ether oxygens (including phenoxy) is 2. The van der Waals surface area contributed by atoms with Crippen LogP contribution in [0.15, 0.2) is 35.9 Å². The lowest BCUT2D eigenvalue weighted by molar-refractivity contribution is -0.461. The summed E-state index contributed by atoms with van der Waals surface area (Å²) in [5, 5.41) is 19.4. The molecule has 0 aliphatic heterocycles. The van der Waals surface area contributed by atoms with E-state index in [0.29, 0.717) is 5.56 Å². The fraction of sp³-hybridized carbons (Fsp3) is 0.719. The Morgan fingerprint density at radius 2 is 1.18 bits per heavy atom. The molecule has 0 heterocycles. The maximum Gasteiger partial charge on any atom is 0.460 e. The van der Waals surface area contributed by atoms with Crippen LogP contribution in [0.2, 0.25) is 17.1 Å². The molecule has 0 spiro atoms. The van der Waals surface area contributed by atoms with Crippen LogP contribution in [0.25, 0.3) is 0 Å². The largest absolute Gasteiger partial charge is 0.491 e. The van der Waals surface area contributed by atoms with Crippen molar-refractivity contribution in [1.29, 1.82) is 0 Å². The molecule has 1 aromatic carbocycles. The van der Waals surface area contributed by atoms with Gasteiger partial charge >= 0.3 is 47.6 Å². The Bertz CT molecular complexity index is 1500. The van der Waals surface area contributed by atoms with Gasteiger partial charge in [0.05, 0.1) is 12.7 Å². The third-order valence-electron chi connectivity index (χ3n) is 9.29. The van der Waals surface area contributed by atoms with Crippen LogP contribution < -0.4 is 10.2 Å². The molecule has 0 aliphatic rings. The molecule has 0 saturated heterocycles. The Kier molecular flexibility index (Phi) is 16.6. The first-order chi connectivity index (χ1) is 25.5. The minimum atomic E-state index is -8.69. The molecule has 7 nitrogen and oxygen atoms in total. The van der Waals surface area contributed by atoms with E-state index in [9.17, 15) is 84.5 Å². The molecule has 3 N–H and O–H groups in total. The SMILES string of the molecule is CO[C@@H](C/C=C(\C)C(=O)NO)[C@@H](O)c1ccc(OCCO[Si](CCC(F)(F)C(F)(F)C(F)(F)C(F)(F)C(F)(F)C(F)(F)C(F)(F)C(F)(F)F)(C(C)C)C(C)C)cc1. The van der Waals surface area contributed by atoms with Crippen molar-refractivity contribution in [2.75, 3.05) is 20.3 Å². The van der Waals surface area contributed by atoms with Gasteiger partial charge in [-0.1, -0.05) is 45.9 Å². The lowest BCUT2D eigenvalue weighted by Gasteiger charge is -2.44. The van der Waals surface area contributed by atoms with Crippen LogP contribution in [0.5, 0.6) is 5.75 Å². The number of hydrogen-bond acceptors (Lipinski definition) is 6. The summed E-state index contributed by atoms with van der Waals surface area (Å²) in [5.41, 5.74) is 0.107. The average Bonchev–Trinajstić information content (AvgIpc) is 3.09. The van der Waals surface area contributed by atoms with Crippen molar-refractivity contribution in [3.63, 3.8) is 0 Å². The summed E-state index contributed by atoms with van der Waals surface area (Å²) in [6.07, 6.45) is -11.1. The van der Waals surface area contributed by atoms with E-state index in [-0.39, 0.29) is 17.7 Å². The van der Waals surface area contributed by atoms with Crippen molar-refractivity contribution >= 4 is 14.2 Å². The van der Waals surface area contributed by atoms with Crippen LogP contribution in [0.4, 0.5) is 74.6 Å². The fourth-order valence-electron chi connectivity index (χ4n) is 5.55. The molecule has 0 fully saturated rings. The predicted molar refractivity (Wildman–Crippen MR) is 168 cm³/mol. The summed E-state index contributed by atoms with van der Waals surface area (Å²) in [5.74, 6) is -57.4. The number of halogens is 17. The second-order valence-corrected chi connectivity index (χ2v) is 18.5. The zero-order valence-corrected chi connectivity index (χ0v) is 31.7. The molecule has 2 atom stereocenters. The Labute approximate surface area is 315 Å². The standard InChI is InChI=1S/C32H40F17NO6Si/c1-17(2)57(18(3)4,56-15-14-55-21-10-8-20(9-11-21)23(51)22(54-6)12-7-19(5)24(52)50-53)16-13-25(33,34)26(35,36)27(37,38)28(39,40)29(41,42)30(43,44)31(45,46)32(47,48)49/h7-11,17-18,22-23,51,53H,12-16H2,1-6H3,(H,50,52)/b19-7+/t22-,23-/m0/s1. The molecule has 1 aromatic rings. The summed E-state index contributed by atoms with van der Waals surface area (Å²) in [7, 11) is -2.69. The fourth-order valence-corrected chi connectivity index (χ4v) is 10.0. The van der Waals surface area contributed by atoms with Crippen molar-refractivity contribution in [1.82, 2.24) is 5.48 Å². The molecule has 57 heavy (non-hydrogen) atoms. The third-order valence-corrected chi connectivity index (χ3v) is 15.0. The quantitative estimate of drug-likeness (QED) is 0.0268. The number of hydroxylamine groups is 1. The Morgan fingerprint density at radius 3 is 1.58 bits per heavy atom. The van der Waals surface area contributed by atoms with Gasteiger partial charge < -0.3 is 19.0 Å². The molecule has 0 radical (unpaired) electrons. The zero-order valence-electron chi connectivity index (χ0n) is 30.7. The Balaban J connectivity index is 3.22. The maximum atomic E-state index is 14.9. The van der Waals surface area contributed by atoms with Crippen molar-refractivity contribution in [3.05, 3.63) is 41.5 Å². The molecule has 1 amide bonds. The average molecular weight is 886 g/mol. The highest BCUT2D eigenvalue weighted by atomic mass is 28.4. The number of nitrogens with one attached hydrogen (secondary N) is 1. The monoisotopic (exact) mass is 885 g/mol. The number of methoxy groups -OCH3 is 1. The van der Waals surface area contributed by atoms with Crippen LogP contribution in [0, 0.1) is 0 Å². The number of benzene rings is 1. The summed E-state index contributed by atoms with van der Waals surface area (Å²) >= 11 is 0. The molecule has 0 aliphatic carbocycles. The first-order valence-electron chi connectivity index (χ1n) is 16.4. The number of alkyl halides is 17. The first kappa shape index (κ1) is 52.1. The van der Waals surface area contributed by atoms with Gasteiger partial charge in [0, 0.05) is 19.1 Å². The number of amides is 1. The van der Waals surface area contributed by atoms with Gasteiger partial charge in [0.15, 0.2) is 8.32 Å². The summed E-state index contributed by atoms with van der Waals surface area (Å²) in [4.78, 5) is 11.4. The van der Waals surface area contributed by atoms with E-state index in [1.165, 1.54) is 77.6 Å². The summed E-state index contributed by atoms with van der Waals surface area (Å²) in [6.45, 7) is 5.71. The highest BCUT2D eigenvalue weighted by molar-refractivity contribution is 6.76. The smallest absolute Gasteiger partial charge is 0.460 e. The molecule has 332 valence electrons. The molecule has 0 bridgehead atoms. The van der Waals surface area contributed by atoms with E-state index in [1.54, 1.807) is 0 Å². The van der Waals surface area contributed by atoms with Gasteiger partial charge in [-0.3, -0.25) is 10.0 Å². The molecule has 0 aromatic heterocycles. The van der Waals surface area contributed by atoms with Crippen molar-refractivity contribution < 1.29 is 104 Å². The molecular formula is C32H40F17NO6Si. The maximum absolute atomic E-state index is 14.9. The van der Waals surface area contributed by atoms with Gasteiger partial charge in [0.25, 0.3) is 5.91 Å². The van der Waals surface area contributed by atoms with Gasteiger partial charge in [0.2, 0.25) is 0 Å². The molecular weight excluding hydrogens is 845 g/mol. The number of hydrogen-bond donors (Lipinski definition) is 3. The predicted octanol–water partition coefficient (Wildman–Crippen LogP) is 10.1. The number of aliphatic hydroxyl groups excluding tert-OH is 1. The van der Waals surface area contributed by atoms with Gasteiger partial charge in [-0.25, -0.2) is 5.48 Å². The molecule has 25 heteroatoms. The molecule has 0 saturated carbocycles. The van der Waals surface area contributed by atoms with Gasteiger partial charge in [-0.05, 0) is 48.2 Å². The van der Waals surface area contributed by atoms with E-state index >= 15 is 0 Å². The van der Waals surface area contributed by atoms with E-state index in [1.807, 2.05) is 0 Å². The van der Waals surface area contributed by atoms with Gasteiger partial charge in [-0.2, -0.15) is 74.6 Å². The third kappa shape index (κ3) is 9.94. The van der Waals surface area contributed by atoms with Crippen molar-refractivity contribution in [2.24, 2.45) is 0 Å². The van der Waals surface area contributed by atoms with Crippen LogP contribution in [-0.2, 0) is 14.0 Å². The van der Waals surface area contributed by atoms with E-state index in [2.05, 4.69) is 0 Å². The van der Waals surface area contributed by atoms with E-state index in [0.717, 1.165) is 0 Å². The van der Waals surface area contributed by atoms with Crippen molar-refractivity contribution in [3.8, 4) is 5.75 Å². The normalized spacial score (nSPS) is 15.9. The highest BCUT2D eigenvalue weighted by Crippen LogP contribution is 2.64. The lowest BCUT2D eigenvalue weighted by Crippen LogP contribution is -2.74. The number of carbonyl (C=O) groups excluding carboxylic acids is 1. The number of carbonyl (C=O) groups is 1. The summed E-state index contributed by atoms with van der Waals surface area (Å²) in [6, 6.07) is 4.17. The van der Waals surface area contributed by atoms with Crippen LogP contribution >= 0.6 is 0 Å². The highest BCUT2D eigenvalue weighted by Gasteiger charge is 2.95. The minimum absolute atomic E-state index is 0.0318. The minimum Gasteiger partial charge on any atom is -0.491 e. The van der Waals surface area contributed by atoms with Gasteiger partial charge in [0.1, 0.15) is 18.5 Å².